The van der Waals surface area contributed by atoms with E-state index in [-0.39, 0.29) is 22.0 Å². The van der Waals surface area contributed by atoms with Crippen molar-refractivity contribution >= 4 is 28.7 Å². The predicted molar refractivity (Wildman–Crippen MR) is 70.5 cm³/mol. The van der Waals surface area contributed by atoms with Gasteiger partial charge in [0.1, 0.15) is 23.2 Å². The van der Waals surface area contributed by atoms with Gasteiger partial charge in [-0.25, -0.2) is 15.0 Å². The molecule has 12 heteroatoms. The molecule has 3 aromatic heterocycles. The van der Waals surface area contributed by atoms with Gasteiger partial charge in [-0.2, -0.15) is 4.68 Å². The van der Waals surface area contributed by atoms with Crippen LogP contribution in [-0.2, 0) is 7.05 Å². The molecule has 0 aliphatic heterocycles. The summed E-state index contributed by atoms with van der Waals surface area (Å²) in [6.07, 6.45) is 3.79. The lowest BCUT2D eigenvalue weighted by molar-refractivity contribution is -0.392. The molecule has 0 radical (unpaired) electrons. The van der Waals surface area contributed by atoms with E-state index in [4.69, 9.17) is 0 Å². The highest BCUT2D eigenvalue weighted by molar-refractivity contribution is 7.99. The maximum Gasteiger partial charge on any atom is 0.396 e. The van der Waals surface area contributed by atoms with Crippen molar-refractivity contribution in [3.05, 3.63) is 34.0 Å². The highest BCUT2D eigenvalue weighted by Crippen LogP contribution is 2.35. The fraction of sp³-hybridized carbons (Fsp3) is 0.111. The highest BCUT2D eigenvalue weighted by atomic mass is 32.2. The summed E-state index contributed by atoms with van der Waals surface area (Å²) in [7, 11) is 1.62. The molecule has 0 saturated heterocycles. The average molecular weight is 306 g/mol. The van der Waals surface area contributed by atoms with Gasteiger partial charge in [0, 0.05) is 7.05 Å². The molecule has 0 aliphatic rings. The topological polar surface area (TPSA) is 134 Å². The SMILES string of the molecule is Cn1cnc([N+](=O)[O-])c1Sc1ncnc2ncn(N=O)c12. The summed E-state index contributed by atoms with van der Waals surface area (Å²) in [4.78, 5) is 36.7. The van der Waals surface area contributed by atoms with Crippen LogP contribution in [0, 0.1) is 15.0 Å². The van der Waals surface area contributed by atoms with Crippen molar-refractivity contribution in [1.29, 1.82) is 0 Å². The zero-order chi connectivity index (χ0) is 15.0. The lowest BCUT2D eigenvalue weighted by Crippen LogP contribution is -1.96. The van der Waals surface area contributed by atoms with Crippen molar-refractivity contribution in [1.82, 2.24) is 29.2 Å². The summed E-state index contributed by atoms with van der Waals surface area (Å²) in [5, 5.41) is 14.3. The molecule has 3 heterocycles. The van der Waals surface area contributed by atoms with E-state index in [0.29, 0.717) is 5.03 Å². The number of aromatic nitrogens is 6. The lowest BCUT2D eigenvalue weighted by atomic mass is 10.6. The van der Waals surface area contributed by atoms with Crippen molar-refractivity contribution in [2.45, 2.75) is 10.1 Å². The van der Waals surface area contributed by atoms with E-state index in [0.717, 1.165) is 16.4 Å². The number of nitrogens with zero attached hydrogens (tertiary/aromatic N) is 8. The van der Waals surface area contributed by atoms with E-state index in [9.17, 15) is 15.0 Å². The van der Waals surface area contributed by atoms with Crippen molar-refractivity contribution in [2.75, 3.05) is 0 Å². The molecule has 0 saturated carbocycles. The fourth-order valence-electron chi connectivity index (χ4n) is 1.69. The van der Waals surface area contributed by atoms with Crippen molar-refractivity contribution in [3.63, 3.8) is 0 Å². The molecule has 0 unspecified atom stereocenters. The van der Waals surface area contributed by atoms with Crippen LogP contribution in [0.1, 0.15) is 0 Å². The van der Waals surface area contributed by atoms with Crippen LogP contribution in [0.5, 0.6) is 0 Å². The van der Waals surface area contributed by atoms with Crippen LogP contribution >= 0.6 is 11.8 Å². The van der Waals surface area contributed by atoms with Gasteiger partial charge in [-0.05, 0) is 21.7 Å². The first-order valence-corrected chi connectivity index (χ1v) is 6.28. The number of nitro groups is 1. The van der Waals surface area contributed by atoms with Crippen molar-refractivity contribution in [3.8, 4) is 0 Å². The van der Waals surface area contributed by atoms with Crippen LogP contribution in [0.3, 0.4) is 0 Å². The van der Waals surface area contributed by atoms with Gasteiger partial charge in [0.2, 0.25) is 6.33 Å². The Labute approximate surface area is 120 Å². The smallest absolute Gasteiger partial charge is 0.358 e. The molecule has 3 rings (SSSR count). The Hall–Kier alpha value is -2.89. The van der Waals surface area contributed by atoms with E-state index in [1.807, 2.05) is 0 Å². The number of imidazole rings is 2. The molecule has 11 nitrogen and oxygen atoms in total. The zero-order valence-electron chi connectivity index (χ0n) is 10.4. The largest absolute Gasteiger partial charge is 0.396 e. The summed E-state index contributed by atoms with van der Waals surface area (Å²) in [6, 6.07) is 0. The molecule has 0 fully saturated rings. The van der Waals surface area contributed by atoms with E-state index < -0.39 is 4.92 Å². The molecule has 0 aromatic carbocycles. The Balaban J connectivity index is 2.15. The molecule has 0 spiro atoms. The van der Waals surface area contributed by atoms with Crippen LogP contribution in [-0.4, -0.2) is 34.1 Å². The molecular weight excluding hydrogens is 300 g/mol. The Kier molecular flexibility index (Phi) is 3.06. The van der Waals surface area contributed by atoms with Crippen LogP contribution in [0.4, 0.5) is 5.82 Å². The molecule has 0 aliphatic carbocycles. The molecule has 21 heavy (non-hydrogen) atoms. The summed E-state index contributed by atoms with van der Waals surface area (Å²) < 4.78 is 2.46. The maximum absolute atomic E-state index is 11.0. The Morgan fingerprint density at radius 3 is 2.81 bits per heavy atom. The third-order valence-corrected chi connectivity index (χ3v) is 3.76. The molecule has 3 aromatic rings. The van der Waals surface area contributed by atoms with Crippen LogP contribution < -0.4 is 0 Å². The summed E-state index contributed by atoms with van der Waals surface area (Å²) in [5.74, 6) is -0.292. The van der Waals surface area contributed by atoms with E-state index in [2.05, 4.69) is 25.2 Å². The summed E-state index contributed by atoms with van der Waals surface area (Å²) in [6.45, 7) is 0. The maximum atomic E-state index is 11.0. The quantitative estimate of drug-likeness (QED) is 0.303. The van der Waals surface area contributed by atoms with E-state index in [1.54, 1.807) is 7.05 Å². The minimum Gasteiger partial charge on any atom is -0.358 e. The van der Waals surface area contributed by atoms with Gasteiger partial charge in [0.15, 0.2) is 10.7 Å². The predicted octanol–water partition coefficient (Wildman–Crippen LogP) is 1.15. The van der Waals surface area contributed by atoms with Crippen LogP contribution in [0.2, 0.25) is 0 Å². The molecule has 0 bridgehead atoms. The number of aryl methyl sites for hydroxylation is 1. The minimum atomic E-state index is -0.587. The first kappa shape index (κ1) is 13.1. The molecule has 0 amide bonds. The second-order valence-corrected chi connectivity index (χ2v) is 4.84. The number of hydrogen-bond donors (Lipinski definition) is 0. The van der Waals surface area contributed by atoms with Crippen molar-refractivity contribution in [2.24, 2.45) is 12.3 Å². The monoisotopic (exact) mass is 306 g/mol. The van der Waals surface area contributed by atoms with Crippen molar-refractivity contribution < 1.29 is 4.92 Å². The average Bonchev–Trinajstić information content (AvgIpc) is 3.04. The van der Waals surface area contributed by atoms with Gasteiger partial charge in [0.25, 0.3) is 0 Å². The van der Waals surface area contributed by atoms with Gasteiger partial charge >= 0.3 is 5.82 Å². The second kappa shape index (κ2) is 4.90. The Morgan fingerprint density at radius 2 is 2.10 bits per heavy atom. The molecular formula is C9H6N8O3S. The highest BCUT2D eigenvalue weighted by Gasteiger charge is 2.23. The van der Waals surface area contributed by atoms with E-state index >= 15 is 0 Å². The third-order valence-electron chi connectivity index (χ3n) is 2.61. The van der Waals surface area contributed by atoms with Gasteiger partial charge < -0.3 is 14.7 Å². The number of nitroso groups, excluding NO2 is 1. The van der Waals surface area contributed by atoms with E-state index in [1.165, 1.54) is 23.5 Å². The van der Waals surface area contributed by atoms with Gasteiger partial charge in [0.05, 0.1) is 5.29 Å². The standard InChI is InChI=1S/C9H6N8O3S/c1-15-3-13-7(17(19)20)9(15)21-8-5-6(10-2-11-8)12-4-16(5)14-18/h2-4H,1H3. The molecule has 0 atom stereocenters. The summed E-state index contributed by atoms with van der Waals surface area (Å²) in [5.41, 5.74) is 0.560. The molecule has 0 N–H and O–H groups in total. The summed E-state index contributed by atoms with van der Waals surface area (Å²) >= 11 is 0.987. The molecule has 106 valence electrons. The first-order chi connectivity index (χ1) is 10.1. The minimum absolute atomic E-state index is 0.275. The fourth-order valence-corrected chi connectivity index (χ4v) is 2.67. The number of rotatable bonds is 4. The second-order valence-electron chi connectivity index (χ2n) is 3.87. The zero-order valence-corrected chi connectivity index (χ0v) is 11.3. The van der Waals surface area contributed by atoms with Gasteiger partial charge in [-0.1, -0.05) is 0 Å². The Morgan fingerprint density at radius 1 is 1.29 bits per heavy atom. The number of hydrogen-bond acceptors (Lipinski definition) is 9. The van der Waals surface area contributed by atoms with Crippen LogP contribution in [0.15, 0.2) is 34.3 Å². The lowest BCUT2D eigenvalue weighted by Gasteiger charge is -2.02. The third kappa shape index (κ3) is 2.10. The normalized spacial score (nSPS) is 10.9. The van der Waals surface area contributed by atoms with Gasteiger partial charge in [-0.15, -0.1) is 4.91 Å². The number of fused-ring (bicyclic) bond motifs is 1. The first-order valence-electron chi connectivity index (χ1n) is 5.47. The Bertz CT molecular complexity index is 856. The van der Waals surface area contributed by atoms with Gasteiger partial charge in [-0.3, -0.25) is 0 Å². The van der Waals surface area contributed by atoms with Crippen LogP contribution in [0.25, 0.3) is 11.2 Å².